The summed E-state index contributed by atoms with van der Waals surface area (Å²) in [6.45, 7) is 5.04. The molecule has 32 heavy (non-hydrogen) atoms. The molecule has 0 radical (unpaired) electrons. The van der Waals surface area contributed by atoms with E-state index in [4.69, 9.17) is 41.2 Å². The highest BCUT2D eigenvalue weighted by atomic mass is 16.4. The molecule has 0 aromatic carbocycles. The Bertz CT molecular complexity index is 686. The van der Waals surface area contributed by atoms with E-state index in [9.17, 15) is 0 Å². The van der Waals surface area contributed by atoms with Crippen LogP contribution < -0.4 is 21.7 Å². The minimum Gasteiger partial charge on any atom is -0.481 e. The van der Waals surface area contributed by atoms with Gasteiger partial charge < -0.3 is 37.0 Å². The molecule has 0 amide bonds. The van der Waals surface area contributed by atoms with E-state index >= 15 is 0 Å². The molecule has 3 rings (SSSR count). The fraction of sp³-hybridized carbons (Fsp3) is 0.650. The number of nitrogens with one attached hydrogen (secondary N) is 1. The number of nitrogens with two attached hydrogens (primary N) is 2. The van der Waals surface area contributed by atoms with Gasteiger partial charge in [-0.1, -0.05) is 19.3 Å². The highest BCUT2D eigenvalue weighted by molar-refractivity contribution is 5.63. The maximum absolute atomic E-state index is 9.00. The average Bonchev–Trinajstić information content (AvgIpc) is 3.07. The summed E-state index contributed by atoms with van der Waals surface area (Å²) in [4.78, 5) is 37.8. The number of aliphatic carboxylic acids is 3. The van der Waals surface area contributed by atoms with Crippen molar-refractivity contribution in [3.05, 3.63) is 6.07 Å². The summed E-state index contributed by atoms with van der Waals surface area (Å²) in [5.74, 6) is -0.426. The van der Waals surface area contributed by atoms with E-state index < -0.39 is 17.9 Å². The second kappa shape index (κ2) is 15.6. The number of nitrogen functional groups attached to an aromatic ring is 1. The third-order valence-electron chi connectivity index (χ3n) is 4.24. The number of hydrogen-bond donors (Lipinski definition) is 6. The lowest BCUT2D eigenvalue weighted by Crippen LogP contribution is -2.28. The number of hydrogen-bond acceptors (Lipinski definition) is 9. The van der Waals surface area contributed by atoms with Crippen LogP contribution in [0.3, 0.4) is 0 Å². The standard InChI is InChI=1S/C14H24N6.3C2H4O2/c15-10-6-7-20(9-10)13-8-12(18-14(16)19-13)17-11-4-2-1-3-5-11;3*1-2(3)4/h8,10-11H,1-7,9,15H2,(H3,16,17,18,19);3*1H3,(H,3,4)/t10-;;;/m1.../s1. The molecule has 2 aliphatic rings. The van der Waals surface area contributed by atoms with Gasteiger partial charge in [0.05, 0.1) is 0 Å². The van der Waals surface area contributed by atoms with Gasteiger partial charge in [0, 0.05) is 52.0 Å². The molecule has 1 aromatic heterocycles. The molecule has 182 valence electrons. The van der Waals surface area contributed by atoms with E-state index in [2.05, 4.69) is 20.2 Å². The number of carbonyl (C=O) groups is 3. The summed E-state index contributed by atoms with van der Waals surface area (Å²) in [6.07, 6.45) is 7.39. The van der Waals surface area contributed by atoms with Gasteiger partial charge >= 0.3 is 0 Å². The summed E-state index contributed by atoms with van der Waals surface area (Å²) in [5, 5.41) is 25.8. The summed E-state index contributed by atoms with van der Waals surface area (Å²) in [5.41, 5.74) is 11.8. The number of anilines is 3. The topological polar surface area (TPSA) is 205 Å². The highest BCUT2D eigenvalue weighted by Crippen LogP contribution is 2.24. The fourth-order valence-electron chi connectivity index (χ4n) is 3.14. The van der Waals surface area contributed by atoms with Crippen molar-refractivity contribution in [2.75, 3.05) is 29.0 Å². The zero-order valence-electron chi connectivity index (χ0n) is 19.0. The number of carboxylic acid groups (broad SMARTS) is 3. The van der Waals surface area contributed by atoms with Gasteiger partial charge in [-0.15, -0.1) is 0 Å². The van der Waals surface area contributed by atoms with Crippen LogP contribution in [0.2, 0.25) is 0 Å². The molecule has 1 saturated heterocycles. The van der Waals surface area contributed by atoms with Gasteiger partial charge in [-0.3, -0.25) is 14.4 Å². The summed E-state index contributed by atoms with van der Waals surface area (Å²) in [7, 11) is 0. The van der Waals surface area contributed by atoms with Crippen LogP contribution in [0.4, 0.5) is 17.6 Å². The first-order valence-corrected chi connectivity index (χ1v) is 10.4. The normalized spacial score (nSPS) is 17.4. The third kappa shape index (κ3) is 15.7. The van der Waals surface area contributed by atoms with Crippen LogP contribution in [0.15, 0.2) is 6.07 Å². The molecule has 8 N–H and O–H groups in total. The first-order valence-electron chi connectivity index (χ1n) is 10.4. The van der Waals surface area contributed by atoms with E-state index in [0.717, 1.165) is 51.9 Å². The second-order valence-electron chi connectivity index (χ2n) is 7.50. The maximum atomic E-state index is 9.00. The zero-order chi connectivity index (χ0) is 24.7. The van der Waals surface area contributed by atoms with Gasteiger partial charge in [-0.05, 0) is 19.3 Å². The van der Waals surface area contributed by atoms with Crippen LogP contribution in [0.1, 0.15) is 59.3 Å². The van der Waals surface area contributed by atoms with Crippen LogP contribution in [0.5, 0.6) is 0 Å². The molecule has 1 aromatic rings. The number of aromatic nitrogens is 2. The van der Waals surface area contributed by atoms with Crippen LogP contribution in [0.25, 0.3) is 0 Å². The Morgan fingerprint density at radius 1 is 0.969 bits per heavy atom. The number of carboxylic acids is 3. The van der Waals surface area contributed by atoms with Crippen molar-refractivity contribution in [3.63, 3.8) is 0 Å². The number of nitrogens with zero attached hydrogens (tertiary/aromatic N) is 3. The lowest BCUT2D eigenvalue weighted by atomic mass is 9.95. The van der Waals surface area contributed by atoms with Crippen LogP contribution >= 0.6 is 0 Å². The quantitative estimate of drug-likeness (QED) is 0.384. The molecule has 0 spiro atoms. The van der Waals surface area contributed by atoms with E-state index in [0.29, 0.717) is 12.0 Å². The Labute approximate surface area is 188 Å². The van der Waals surface area contributed by atoms with Crippen LogP contribution in [-0.2, 0) is 14.4 Å². The molecule has 0 bridgehead atoms. The molecule has 1 atom stereocenters. The van der Waals surface area contributed by atoms with Crippen molar-refractivity contribution in [2.45, 2.75) is 71.4 Å². The Morgan fingerprint density at radius 3 is 1.91 bits per heavy atom. The smallest absolute Gasteiger partial charge is 0.300 e. The number of rotatable bonds is 3. The summed E-state index contributed by atoms with van der Waals surface area (Å²) < 4.78 is 0. The van der Waals surface area contributed by atoms with Crippen molar-refractivity contribution >= 4 is 35.5 Å². The van der Waals surface area contributed by atoms with E-state index in [1.165, 1.54) is 32.1 Å². The predicted octanol–water partition coefficient (Wildman–Crippen LogP) is 1.61. The van der Waals surface area contributed by atoms with E-state index in [1.54, 1.807) is 0 Å². The third-order valence-corrected chi connectivity index (χ3v) is 4.24. The van der Waals surface area contributed by atoms with Gasteiger partial charge in [0.15, 0.2) is 0 Å². The Kier molecular flexibility index (Phi) is 14.1. The lowest BCUT2D eigenvalue weighted by molar-refractivity contribution is -0.135. The molecule has 1 aliphatic heterocycles. The van der Waals surface area contributed by atoms with Gasteiger partial charge in [0.25, 0.3) is 17.9 Å². The zero-order valence-corrected chi connectivity index (χ0v) is 19.0. The Hall–Kier alpha value is -3.15. The largest absolute Gasteiger partial charge is 0.481 e. The van der Waals surface area contributed by atoms with E-state index in [1.807, 2.05) is 6.07 Å². The van der Waals surface area contributed by atoms with Crippen molar-refractivity contribution in [1.29, 1.82) is 0 Å². The van der Waals surface area contributed by atoms with Crippen molar-refractivity contribution in [2.24, 2.45) is 5.73 Å². The Balaban J connectivity index is 0.000000668. The maximum Gasteiger partial charge on any atom is 0.300 e. The SMILES string of the molecule is CC(=O)O.CC(=O)O.CC(=O)O.Nc1nc(NC2CCCCC2)cc(N2CC[C@@H](N)C2)n1. The molecule has 12 nitrogen and oxygen atoms in total. The van der Waals surface area contributed by atoms with Crippen molar-refractivity contribution in [3.8, 4) is 0 Å². The molecule has 12 heteroatoms. The molecular weight excluding hydrogens is 420 g/mol. The monoisotopic (exact) mass is 456 g/mol. The average molecular weight is 457 g/mol. The molecule has 2 heterocycles. The van der Waals surface area contributed by atoms with Crippen molar-refractivity contribution < 1.29 is 29.7 Å². The molecule has 0 unspecified atom stereocenters. The molecule has 2 fully saturated rings. The first-order chi connectivity index (χ1) is 14.9. The molecule has 1 aliphatic carbocycles. The van der Waals surface area contributed by atoms with Gasteiger partial charge in [0.2, 0.25) is 5.95 Å². The molecular formula is C20H36N6O6. The lowest BCUT2D eigenvalue weighted by Gasteiger charge is -2.24. The van der Waals surface area contributed by atoms with Crippen molar-refractivity contribution in [1.82, 2.24) is 9.97 Å². The first kappa shape index (κ1) is 28.9. The summed E-state index contributed by atoms with van der Waals surface area (Å²) >= 11 is 0. The second-order valence-corrected chi connectivity index (χ2v) is 7.50. The van der Waals surface area contributed by atoms with Gasteiger partial charge in [-0.25, -0.2) is 0 Å². The van der Waals surface area contributed by atoms with Gasteiger partial charge in [0.1, 0.15) is 11.6 Å². The Morgan fingerprint density at radius 2 is 1.47 bits per heavy atom. The van der Waals surface area contributed by atoms with Crippen LogP contribution in [0, 0.1) is 0 Å². The summed E-state index contributed by atoms with van der Waals surface area (Å²) in [6, 6.07) is 2.76. The minimum atomic E-state index is -0.833. The van der Waals surface area contributed by atoms with Crippen LogP contribution in [-0.4, -0.2) is 68.4 Å². The fourth-order valence-corrected chi connectivity index (χ4v) is 3.14. The van der Waals surface area contributed by atoms with Gasteiger partial charge in [-0.2, -0.15) is 9.97 Å². The van der Waals surface area contributed by atoms with E-state index in [-0.39, 0.29) is 6.04 Å². The minimum absolute atomic E-state index is 0.237. The highest BCUT2D eigenvalue weighted by Gasteiger charge is 2.22. The predicted molar refractivity (Wildman–Crippen MR) is 122 cm³/mol. The molecule has 1 saturated carbocycles.